The Morgan fingerprint density at radius 2 is 2.00 bits per heavy atom. The van der Waals surface area contributed by atoms with Crippen molar-refractivity contribution < 1.29 is 8.78 Å². The molecule has 9 heavy (non-hydrogen) atoms. The van der Waals surface area contributed by atoms with Gasteiger partial charge in [-0.25, -0.2) is 8.78 Å². The minimum Gasteiger partial charge on any atom is -0.320 e. The van der Waals surface area contributed by atoms with E-state index in [4.69, 9.17) is 0 Å². The van der Waals surface area contributed by atoms with Gasteiger partial charge >= 0.3 is 0 Å². The van der Waals surface area contributed by atoms with Crippen LogP contribution in [0.5, 0.6) is 0 Å². The molecule has 0 aromatic carbocycles. The topological polar surface area (TPSA) is 12.0 Å². The minimum absolute atomic E-state index is 0.0433. The lowest BCUT2D eigenvalue weighted by Crippen LogP contribution is -2.07. The summed E-state index contributed by atoms with van der Waals surface area (Å²) in [5.41, 5.74) is 0. The van der Waals surface area contributed by atoms with Gasteiger partial charge in [-0.3, -0.25) is 0 Å². The number of alkyl halides is 2. The van der Waals surface area contributed by atoms with Crippen LogP contribution in [0.1, 0.15) is 19.3 Å². The SMILES string of the molecule is CNCCCCC(F)F. The number of hydrogen-bond acceptors (Lipinski definition) is 1. The van der Waals surface area contributed by atoms with Gasteiger partial charge in [-0.2, -0.15) is 0 Å². The van der Waals surface area contributed by atoms with Crippen LogP contribution in [0, 0.1) is 0 Å². The minimum atomic E-state index is -2.12. The summed E-state index contributed by atoms with van der Waals surface area (Å²) in [5.74, 6) is 0. The van der Waals surface area contributed by atoms with Gasteiger partial charge in [0, 0.05) is 6.42 Å². The summed E-state index contributed by atoms with van der Waals surface area (Å²) in [4.78, 5) is 0. The van der Waals surface area contributed by atoms with E-state index in [-0.39, 0.29) is 6.42 Å². The zero-order valence-electron chi connectivity index (χ0n) is 5.66. The van der Waals surface area contributed by atoms with Crippen LogP contribution < -0.4 is 5.32 Å². The molecule has 0 spiro atoms. The van der Waals surface area contributed by atoms with Gasteiger partial charge in [0.05, 0.1) is 0 Å². The van der Waals surface area contributed by atoms with Gasteiger partial charge in [0.2, 0.25) is 6.43 Å². The monoisotopic (exact) mass is 137 g/mol. The van der Waals surface area contributed by atoms with Gasteiger partial charge in [0.1, 0.15) is 0 Å². The highest BCUT2D eigenvalue weighted by molar-refractivity contribution is 4.45. The van der Waals surface area contributed by atoms with Crippen molar-refractivity contribution >= 4 is 0 Å². The molecule has 1 nitrogen and oxygen atoms in total. The molecule has 0 rings (SSSR count). The fourth-order valence-corrected chi connectivity index (χ4v) is 0.600. The molecule has 0 bridgehead atoms. The summed E-state index contributed by atoms with van der Waals surface area (Å²) in [7, 11) is 1.82. The number of unbranched alkanes of at least 4 members (excludes halogenated alkanes) is 1. The molecule has 3 heteroatoms. The molecule has 0 amide bonds. The van der Waals surface area contributed by atoms with Crippen molar-refractivity contribution in [1.82, 2.24) is 5.32 Å². The first-order valence-electron chi connectivity index (χ1n) is 3.20. The highest BCUT2D eigenvalue weighted by atomic mass is 19.3. The quantitative estimate of drug-likeness (QED) is 0.568. The fraction of sp³-hybridized carbons (Fsp3) is 1.00. The first-order chi connectivity index (χ1) is 4.27. The Balaban J connectivity index is 2.75. The van der Waals surface area contributed by atoms with Gasteiger partial charge < -0.3 is 5.32 Å². The van der Waals surface area contributed by atoms with Crippen LogP contribution in [0.4, 0.5) is 8.78 Å². The molecular formula is C6H13F2N. The van der Waals surface area contributed by atoms with E-state index in [2.05, 4.69) is 5.32 Å². The Hall–Kier alpha value is -0.180. The number of nitrogens with one attached hydrogen (secondary N) is 1. The Labute approximate surface area is 54.4 Å². The third kappa shape index (κ3) is 7.82. The van der Waals surface area contributed by atoms with E-state index in [1.165, 1.54) is 0 Å². The summed E-state index contributed by atoms with van der Waals surface area (Å²) in [5, 5.41) is 2.90. The van der Waals surface area contributed by atoms with Gasteiger partial charge in [-0.1, -0.05) is 0 Å². The second kappa shape index (κ2) is 5.95. The molecule has 0 aliphatic rings. The Kier molecular flexibility index (Phi) is 5.83. The van der Waals surface area contributed by atoms with Crippen molar-refractivity contribution in [3.63, 3.8) is 0 Å². The van der Waals surface area contributed by atoms with Gasteiger partial charge in [-0.05, 0) is 26.4 Å². The highest BCUT2D eigenvalue weighted by Crippen LogP contribution is 2.03. The van der Waals surface area contributed by atoms with Gasteiger partial charge in [0.25, 0.3) is 0 Å². The largest absolute Gasteiger partial charge is 0.320 e. The first-order valence-corrected chi connectivity index (χ1v) is 3.20. The summed E-state index contributed by atoms with van der Waals surface area (Å²) in [6, 6.07) is 0. The first kappa shape index (κ1) is 8.82. The standard InChI is InChI=1S/C6H13F2N/c1-9-5-3-2-4-6(7)8/h6,9H,2-5H2,1H3. The second-order valence-corrected chi connectivity index (χ2v) is 1.99. The molecule has 0 aromatic heterocycles. The van der Waals surface area contributed by atoms with Crippen LogP contribution in [0.2, 0.25) is 0 Å². The average molecular weight is 137 g/mol. The maximum Gasteiger partial charge on any atom is 0.238 e. The molecule has 56 valence electrons. The highest BCUT2D eigenvalue weighted by Gasteiger charge is 1.99. The van der Waals surface area contributed by atoms with Gasteiger partial charge in [0.15, 0.2) is 0 Å². The fourth-order valence-electron chi connectivity index (χ4n) is 0.600. The molecule has 1 N–H and O–H groups in total. The van der Waals surface area contributed by atoms with E-state index in [9.17, 15) is 8.78 Å². The molecule has 0 atom stereocenters. The number of halogens is 2. The Morgan fingerprint density at radius 3 is 2.44 bits per heavy atom. The maximum absolute atomic E-state index is 11.4. The van der Waals surface area contributed by atoms with Crippen LogP contribution in [-0.4, -0.2) is 20.0 Å². The predicted molar refractivity (Wildman–Crippen MR) is 33.8 cm³/mol. The lowest BCUT2D eigenvalue weighted by molar-refractivity contribution is 0.134. The van der Waals surface area contributed by atoms with E-state index < -0.39 is 6.43 Å². The van der Waals surface area contributed by atoms with E-state index >= 15 is 0 Å². The molecule has 0 radical (unpaired) electrons. The predicted octanol–water partition coefficient (Wildman–Crippen LogP) is 1.64. The van der Waals surface area contributed by atoms with E-state index in [0.717, 1.165) is 13.0 Å². The van der Waals surface area contributed by atoms with Crippen LogP contribution >= 0.6 is 0 Å². The van der Waals surface area contributed by atoms with Crippen molar-refractivity contribution in [1.29, 1.82) is 0 Å². The van der Waals surface area contributed by atoms with Crippen molar-refractivity contribution in [3.8, 4) is 0 Å². The molecule has 0 aliphatic carbocycles. The average Bonchev–Trinajstić information content (AvgIpc) is 1.80. The summed E-state index contributed by atoms with van der Waals surface area (Å²) >= 11 is 0. The molecule has 0 unspecified atom stereocenters. The zero-order chi connectivity index (χ0) is 7.11. The number of hydrogen-bond donors (Lipinski definition) is 1. The van der Waals surface area contributed by atoms with E-state index in [1.54, 1.807) is 0 Å². The van der Waals surface area contributed by atoms with Crippen molar-refractivity contribution in [2.45, 2.75) is 25.7 Å². The lowest BCUT2D eigenvalue weighted by atomic mass is 10.2. The van der Waals surface area contributed by atoms with Gasteiger partial charge in [-0.15, -0.1) is 0 Å². The van der Waals surface area contributed by atoms with Crippen molar-refractivity contribution in [2.24, 2.45) is 0 Å². The molecule has 0 fully saturated rings. The van der Waals surface area contributed by atoms with E-state index in [1.807, 2.05) is 7.05 Å². The Morgan fingerprint density at radius 1 is 1.33 bits per heavy atom. The summed E-state index contributed by atoms with van der Waals surface area (Å²) in [6.45, 7) is 0.840. The maximum atomic E-state index is 11.4. The van der Waals surface area contributed by atoms with Crippen molar-refractivity contribution in [2.75, 3.05) is 13.6 Å². The van der Waals surface area contributed by atoms with Crippen molar-refractivity contribution in [3.05, 3.63) is 0 Å². The smallest absolute Gasteiger partial charge is 0.238 e. The van der Waals surface area contributed by atoms with E-state index in [0.29, 0.717) is 6.42 Å². The van der Waals surface area contributed by atoms with Crippen LogP contribution in [-0.2, 0) is 0 Å². The summed E-state index contributed by atoms with van der Waals surface area (Å²) in [6.07, 6.45) is -0.608. The van der Waals surface area contributed by atoms with Crippen LogP contribution in [0.15, 0.2) is 0 Å². The van der Waals surface area contributed by atoms with Crippen LogP contribution in [0.25, 0.3) is 0 Å². The second-order valence-electron chi connectivity index (χ2n) is 1.99. The number of rotatable bonds is 5. The molecule has 0 saturated heterocycles. The lowest BCUT2D eigenvalue weighted by Gasteiger charge is -1.97. The third-order valence-corrected chi connectivity index (χ3v) is 1.10. The third-order valence-electron chi connectivity index (χ3n) is 1.10. The molecule has 0 aliphatic heterocycles. The summed E-state index contributed by atoms with van der Waals surface area (Å²) < 4.78 is 22.9. The molecule has 0 aromatic rings. The zero-order valence-corrected chi connectivity index (χ0v) is 5.66. The molecule has 0 heterocycles. The molecule has 0 saturated carbocycles. The Bertz CT molecular complexity index is 57.0. The normalized spacial score (nSPS) is 10.7. The molecular weight excluding hydrogens is 124 g/mol. The van der Waals surface area contributed by atoms with Crippen LogP contribution in [0.3, 0.4) is 0 Å².